The highest BCUT2D eigenvalue weighted by Gasteiger charge is 2.26. The van der Waals surface area contributed by atoms with E-state index in [0.717, 1.165) is 5.39 Å². The molecular formula is C14H13NO3. The molecule has 4 nitrogen and oxygen atoms in total. The lowest BCUT2D eigenvalue weighted by Gasteiger charge is -2.14. The van der Waals surface area contributed by atoms with E-state index >= 15 is 0 Å². The first-order valence-electron chi connectivity index (χ1n) is 5.55. The summed E-state index contributed by atoms with van der Waals surface area (Å²) < 4.78 is 4.63. The zero-order chi connectivity index (χ0) is 13.1. The number of cyclic esters (lactones) is 2. The van der Waals surface area contributed by atoms with Crippen molar-refractivity contribution in [3.63, 3.8) is 0 Å². The van der Waals surface area contributed by atoms with E-state index in [4.69, 9.17) is 0 Å². The van der Waals surface area contributed by atoms with Gasteiger partial charge in [0, 0.05) is 5.39 Å². The van der Waals surface area contributed by atoms with Crippen molar-refractivity contribution in [2.75, 3.05) is 14.1 Å². The van der Waals surface area contributed by atoms with Gasteiger partial charge in [0.15, 0.2) is 0 Å². The normalized spacial score (nSPS) is 12.8. The fourth-order valence-corrected chi connectivity index (χ4v) is 1.88. The first-order chi connectivity index (χ1) is 8.69. The molecule has 1 N–H and O–H groups in total. The van der Waals surface area contributed by atoms with Crippen LogP contribution in [0, 0.1) is 0 Å². The summed E-state index contributed by atoms with van der Waals surface area (Å²) in [6, 6.07) is 10.6. The summed E-state index contributed by atoms with van der Waals surface area (Å²) in [5.41, 5.74) is 0.922. The molecule has 3 rings (SSSR count). The average Bonchev–Trinajstić information content (AvgIpc) is 2.37. The van der Waals surface area contributed by atoms with Crippen LogP contribution in [-0.4, -0.2) is 26.0 Å². The molecule has 1 aliphatic rings. The van der Waals surface area contributed by atoms with E-state index < -0.39 is 11.9 Å². The van der Waals surface area contributed by atoms with Crippen LogP contribution in [0.1, 0.15) is 20.7 Å². The third-order valence-corrected chi connectivity index (χ3v) is 2.53. The van der Waals surface area contributed by atoms with E-state index in [1.165, 1.54) is 0 Å². The molecule has 0 spiro atoms. The molecule has 2 aromatic carbocycles. The summed E-state index contributed by atoms with van der Waals surface area (Å²) in [6.07, 6.45) is 0. The van der Waals surface area contributed by atoms with Gasteiger partial charge < -0.3 is 10.1 Å². The Hall–Kier alpha value is -2.20. The van der Waals surface area contributed by atoms with Gasteiger partial charge in [0.05, 0.1) is 11.1 Å². The first kappa shape index (κ1) is 12.3. The Kier molecular flexibility index (Phi) is 3.39. The summed E-state index contributed by atoms with van der Waals surface area (Å²) in [7, 11) is 3.75. The SMILES string of the molecule is CNC.O=C1OC(=O)c2cccc3cccc1c23. The zero-order valence-corrected chi connectivity index (χ0v) is 10.2. The van der Waals surface area contributed by atoms with Gasteiger partial charge in [0.2, 0.25) is 0 Å². The fraction of sp³-hybridized carbons (Fsp3) is 0.143. The minimum atomic E-state index is -0.565. The van der Waals surface area contributed by atoms with Crippen LogP contribution in [0.3, 0.4) is 0 Å². The largest absolute Gasteiger partial charge is 0.386 e. The van der Waals surface area contributed by atoms with Crippen molar-refractivity contribution in [1.29, 1.82) is 0 Å². The predicted molar refractivity (Wildman–Crippen MR) is 68.7 cm³/mol. The minimum Gasteiger partial charge on any atom is -0.386 e. The summed E-state index contributed by atoms with van der Waals surface area (Å²) in [5.74, 6) is -1.13. The smallest absolute Gasteiger partial charge is 0.346 e. The number of nitrogens with one attached hydrogen (secondary N) is 1. The van der Waals surface area contributed by atoms with E-state index in [1.807, 2.05) is 26.2 Å². The molecule has 0 saturated heterocycles. The first-order valence-corrected chi connectivity index (χ1v) is 5.55. The molecule has 0 unspecified atom stereocenters. The lowest BCUT2D eigenvalue weighted by molar-refractivity contribution is 0.0391. The van der Waals surface area contributed by atoms with E-state index in [-0.39, 0.29) is 0 Å². The second kappa shape index (κ2) is 4.98. The summed E-state index contributed by atoms with van der Waals surface area (Å²) >= 11 is 0. The molecular weight excluding hydrogens is 230 g/mol. The number of hydrogen-bond acceptors (Lipinski definition) is 4. The number of hydrogen-bond donors (Lipinski definition) is 1. The van der Waals surface area contributed by atoms with E-state index in [2.05, 4.69) is 10.1 Å². The van der Waals surface area contributed by atoms with Crippen molar-refractivity contribution < 1.29 is 14.3 Å². The monoisotopic (exact) mass is 243 g/mol. The number of esters is 2. The molecule has 0 amide bonds. The Morgan fingerprint density at radius 2 is 1.33 bits per heavy atom. The maximum absolute atomic E-state index is 11.4. The molecule has 0 saturated carbocycles. The Bertz CT molecular complexity index is 571. The van der Waals surface area contributed by atoms with Gasteiger partial charge in [0.1, 0.15) is 0 Å². The highest BCUT2D eigenvalue weighted by atomic mass is 16.6. The highest BCUT2D eigenvalue weighted by molar-refractivity contribution is 6.20. The quantitative estimate of drug-likeness (QED) is 0.568. The molecule has 0 radical (unpaired) electrons. The Labute approximate surface area is 105 Å². The molecule has 18 heavy (non-hydrogen) atoms. The third-order valence-electron chi connectivity index (χ3n) is 2.53. The summed E-state index contributed by atoms with van der Waals surface area (Å²) in [5, 5.41) is 4.33. The molecule has 1 heterocycles. The van der Waals surface area contributed by atoms with Crippen LogP contribution in [0.4, 0.5) is 0 Å². The number of benzene rings is 2. The predicted octanol–water partition coefficient (Wildman–Crippen LogP) is 1.99. The van der Waals surface area contributed by atoms with Gasteiger partial charge in [-0.1, -0.05) is 24.3 Å². The molecule has 0 aromatic heterocycles. The van der Waals surface area contributed by atoms with Gasteiger partial charge in [-0.3, -0.25) is 0 Å². The Morgan fingerprint density at radius 3 is 1.78 bits per heavy atom. The van der Waals surface area contributed by atoms with Gasteiger partial charge in [0.25, 0.3) is 0 Å². The van der Waals surface area contributed by atoms with Gasteiger partial charge >= 0.3 is 11.9 Å². The molecule has 4 heteroatoms. The van der Waals surface area contributed by atoms with E-state index in [0.29, 0.717) is 16.5 Å². The van der Waals surface area contributed by atoms with Crippen molar-refractivity contribution in [1.82, 2.24) is 5.32 Å². The van der Waals surface area contributed by atoms with Crippen LogP contribution >= 0.6 is 0 Å². The Morgan fingerprint density at radius 1 is 0.889 bits per heavy atom. The van der Waals surface area contributed by atoms with Crippen molar-refractivity contribution in [3.8, 4) is 0 Å². The van der Waals surface area contributed by atoms with Crippen molar-refractivity contribution in [2.45, 2.75) is 0 Å². The second-order valence-electron chi connectivity index (χ2n) is 3.89. The van der Waals surface area contributed by atoms with E-state index in [1.54, 1.807) is 24.3 Å². The summed E-state index contributed by atoms with van der Waals surface area (Å²) in [4.78, 5) is 22.9. The zero-order valence-electron chi connectivity index (χ0n) is 10.2. The molecule has 1 aliphatic heterocycles. The number of carbonyl (C=O) groups excluding carboxylic acids is 2. The molecule has 2 aromatic rings. The van der Waals surface area contributed by atoms with Crippen LogP contribution in [0.2, 0.25) is 0 Å². The topological polar surface area (TPSA) is 55.4 Å². The number of rotatable bonds is 0. The Balaban J connectivity index is 0.000000367. The minimum absolute atomic E-state index is 0.461. The number of carbonyl (C=O) groups is 2. The highest BCUT2D eigenvalue weighted by Crippen LogP contribution is 2.28. The van der Waals surface area contributed by atoms with Crippen LogP contribution in [0.5, 0.6) is 0 Å². The maximum atomic E-state index is 11.4. The lowest BCUT2D eigenvalue weighted by Crippen LogP contribution is -2.19. The molecule has 0 atom stereocenters. The van der Waals surface area contributed by atoms with Crippen molar-refractivity contribution in [3.05, 3.63) is 47.5 Å². The van der Waals surface area contributed by atoms with Crippen LogP contribution in [-0.2, 0) is 4.74 Å². The molecule has 92 valence electrons. The molecule has 0 aliphatic carbocycles. The standard InChI is InChI=1S/C12H6O3.C2H7N/c13-11-8-5-1-3-7-4-2-6-9(10(7)8)12(14)15-11;1-3-2/h1-6H;3H,1-2H3. The van der Waals surface area contributed by atoms with E-state index in [9.17, 15) is 9.59 Å². The van der Waals surface area contributed by atoms with Gasteiger partial charge in [-0.2, -0.15) is 0 Å². The third kappa shape index (κ3) is 1.98. The van der Waals surface area contributed by atoms with Crippen LogP contribution in [0.25, 0.3) is 10.8 Å². The average molecular weight is 243 g/mol. The maximum Gasteiger partial charge on any atom is 0.346 e. The summed E-state index contributed by atoms with van der Waals surface area (Å²) in [6.45, 7) is 0. The van der Waals surface area contributed by atoms with Gasteiger partial charge in [-0.25, -0.2) is 9.59 Å². The van der Waals surface area contributed by atoms with Crippen molar-refractivity contribution in [2.24, 2.45) is 0 Å². The molecule has 0 bridgehead atoms. The lowest BCUT2D eigenvalue weighted by atomic mass is 9.97. The van der Waals surface area contributed by atoms with Gasteiger partial charge in [-0.05, 0) is 31.6 Å². The molecule has 0 fully saturated rings. The second-order valence-corrected chi connectivity index (χ2v) is 3.89. The fourth-order valence-electron chi connectivity index (χ4n) is 1.88. The van der Waals surface area contributed by atoms with Crippen LogP contribution in [0.15, 0.2) is 36.4 Å². The van der Waals surface area contributed by atoms with Crippen molar-refractivity contribution >= 4 is 22.7 Å². The van der Waals surface area contributed by atoms with Crippen LogP contribution < -0.4 is 5.32 Å². The van der Waals surface area contributed by atoms with Gasteiger partial charge in [-0.15, -0.1) is 0 Å². The number of ether oxygens (including phenoxy) is 1.